The molecule has 0 aliphatic rings. The average molecular weight is 234 g/mol. The molecule has 0 saturated heterocycles. The molecule has 1 heterocycles. The summed E-state index contributed by atoms with van der Waals surface area (Å²) in [5.74, 6) is 0.160. The summed E-state index contributed by atoms with van der Waals surface area (Å²) in [6.45, 7) is 1.37. The molecule has 0 radical (unpaired) electrons. The molecule has 0 fully saturated rings. The molecule has 0 spiro atoms. The molecule has 1 rings (SSSR count). The third-order valence-corrected chi connectivity index (χ3v) is 2.27. The second-order valence-corrected chi connectivity index (χ2v) is 4.37. The topological polar surface area (TPSA) is 74.6 Å². The van der Waals surface area contributed by atoms with Crippen LogP contribution in [-0.4, -0.2) is 23.8 Å². The van der Waals surface area contributed by atoms with Crippen molar-refractivity contribution in [1.82, 2.24) is 0 Å². The number of aromatic hydroxyl groups is 1. The van der Waals surface area contributed by atoms with Gasteiger partial charge in [-0.15, -0.1) is 11.3 Å². The van der Waals surface area contributed by atoms with Gasteiger partial charge in [-0.2, -0.15) is 8.42 Å². The van der Waals surface area contributed by atoms with E-state index in [1.165, 1.54) is 18.3 Å². The van der Waals surface area contributed by atoms with Crippen molar-refractivity contribution in [2.24, 2.45) is 0 Å². The Morgan fingerprint density at radius 2 is 2.08 bits per heavy atom. The van der Waals surface area contributed by atoms with Gasteiger partial charge in [-0.3, -0.25) is 4.55 Å². The maximum Gasteiger partial charge on any atom is 1.00 e. The quantitative estimate of drug-likeness (QED) is 0.456. The molecule has 72 valence electrons. The van der Waals surface area contributed by atoms with Crippen LogP contribution in [0.15, 0.2) is 16.8 Å². The Balaban J connectivity index is -0.000000151. The first-order valence-corrected chi connectivity index (χ1v) is 5.67. The normalized spacial score (nSPS) is 9.38. The van der Waals surface area contributed by atoms with E-state index < -0.39 is 10.1 Å². The number of thiophene rings is 1. The van der Waals surface area contributed by atoms with E-state index in [2.05, 4.69) is 0 Å². The van der Waals surface area contributed by atoms with E-state index in [9.17, 15) is 8.42 Å². The molecule has 2 N–H and O–H groups in total. The van der Waals surface area contributed by atoms with E-state index in [1.54, 1.807) is 11.4 Å². The predicted molar refractivity (Wildman–Crippen MR) is 49.2 cm³/mol. The molecule has 0 unspecified atom stereocenters. The van der Waals surface area contributed by atoms with Gasteiger partial charge in [0.2, 0.25) is 0 Å². The van der Waals surface area contributed by atoms with Crippen LogP contribution in [0.1, 0.15) is 8.35 Å². The standard InChI is InChI=1S/C4H4OS.C2H6O3S.Na.H/c5-4-1-2-6-3-4;1-2-6(3,4)5;;/h1-3,5H;2H2,1H3,(H,3,4,5);;/q;;+1;-1. The minimum atomic E-state index is -3.66. The molecule has 0 amide bonds. The Bertz CT molecular complexity index is 298. The van der Waals surface area contributed by atoms with Crippen LogP contribution in [0.2, 0.25) is 0 Å². The van der Waals surface area contributed by atoms with Crippen molar-refractivity contribution >= 4 is 21.5 Å². The SMILES string of the molecule is CCS(=O)(=O)O.Oc1ccsc1.[H-].[Na+]. The summed E-state index contributed by atoms with van der Waals surface area (Å²) in [6, 6.07) is 1.66. The monoisotopic (exact) mass is 234 g/mol. The zero-order valence-corrected chi connectivity index (χ0v) is 11.1. The second-order valence-electron chi connectivity index (χ2n) is 1.85. The van der Waals surface area contributed by atoms with Crippen molar-refractivity contribution < 1.29 is 49.1 Å². The van der Waals surface area contributed by atoms with E-state index in [1.807, 2.05) is 5.38 Å². The molecule has 0 bridgehead atoms. The van der Waals surface area contributed by atoms with Gasteiger partial charge >= 0.3 is 29.6 Å². The fourth-order valence-electron chi connectivity index (χ4n) is 0.257. The summed E-state index contributed by atoms with van der Waals surface area (Å²) < 4.78 is 26.9. The van der Waals surface area contributed by atoms with Crippen molar-refractivity contribution in [3.8, 4) is 5.75 Å². The molecule has 4 nitrogen and oxygen atoms in total. The Kier molecular flexibility index (Phi) is 9.49. The van der Waals surface area contributed by atoms with Crippen molar-refractivity contribution in [3.05, 3.63) is 16.8 Å². The summed E-state index contributed by atoms with van der Waals surface area (Å²) in [6.07, 6.45) is 0. The largest absolute Gasteiger partial charge is 1.00 e. The first-order chi connectivity index (χ1) is 5.45. The van der Waals surface area contributed by atoms with Gasteiger partial charge in [0.15, 0.2) is 0 Å². The Hall–Kier alpha value is 0.410. The third kappa shape index (κ3) is 12.4. The molecule has 1 aromatic heterocycles. The van der Waals surface area contributed by atoms with Gasteiger partial charge in [-0.05, 0) is 18.4 Å². The van der Waals surface area contributed by atoms with Crippen LogP contribution in [-0.2, 0) is 10.1 Å². The smallest absolute Gasteiger partial charge is 1.00 e. The first kappa shape index (κ1) is 15.9. The summed E-state index contributed by atoms with van der Waals surface area (Å²) in [5, 5.41) is 12.0. The molecule has 7 heteroatoms. The van der Waals surface area contributed by atoms with Crippen molar-refractivity contribution in [2.45, 2.75) is 6.92 Å². The Morgan fingerprint density at radius 1 is 1.62 bits per heavy atom. The maximum atomic E-state index is 9.56. The minimum Gasteiger partial charge on any atom is -1.00 e. The number of hydrogen-bond acceptors (Lipinski definition) is 4. The predicted octanol–water partition coefficient (Wildman–Crippen LogP) is -1.54. The van der Waals surface area contributed by atoms with Crippen LogP contribution in [0.3, 0.4) is 0 Å². The summed E-state index contributed by atoms with van der Waals surface area (Å²) in [4.78, 5) is 0. The molecule has 13 heavy (non-hydrogen) atoms. The average Bonchev–Trinajstić information content (AvgIpc) is 2.39. The van der Waals surface area contributed by atoms with E-state index in [0.29, 0.717) is 5.75 Å². The zero-order chi connectivity index (χ0) is 9.61. The van der Waals surface area contributed by atoms with Crippen molar-refractivity contribution in [1.29, 1.82) is 0 Å². The van der Waals surface area contributed by atoms with Crippen LogP contribution < -0.4 is 29.6 Å². The summed E-state index contributed by atoms with van der Waals surface area (Å²) in [7, 11) is -3.66. The molecular formula is C6H11NaO4S2. The Labute approximate surface area is 105 Å². The van der Waals surface area contributed by atoms with Crippen LogP contribution >= 0.6 is 11.3 Å². The molecular weight excluding hydrogens is 223 g/mol. The molecule has 0 atom stereocenters. The molecule has 0 aromatic carbocycles. The number of rotatable bonds is 1. The molecule has 0 saturated carbocycles. The van der Waals surface area contributed by atoms with E-state index in [0.717, 1.165) is 0 Å². The van der Waals surface area contributed by atoms with Gasteiger partial charge in [0, 0.05) is 5.38 Å². The van der Waals surface area contributed by atoms with Crippen LogP contribution in [0.25, 0.3) is 0 Å². The van der Waals surface area contributed by atoms with E-state index in [4.69, 9.17) is 9.66 Å². The zero-order valence-electron chi connectivity index (χ0n) is 8.47. The van der Waals surface area contributed by atoms with E-state index >= 15 is 0 Å². The molecule has 0 aliphatic carbocycles. The van der Waals surface area contributed by atoms with Gasteiger partial charge in [0.1, 0.15) is 5.75 Å². The van der Waals surface area contributed by atoms with Crippen LogP contribution in [0, 0.1) is 0 Å². The second kappa shape index (κ2) is 7.78. The van der Waals surface area contributed by atoms with Gasteiger partial charge in [0.25, 0.3) is 10.1 Å². The van der Waals surface area contributed by atoms with Crippen molar-refractivity contribution in [3.63, 3.8) is 0 Å². The number of hydrogen-bond donors (Lipinski definition) is 2. The van der Waals surface area contributed by atoms with Gasteiger partial charge in [-0.25, -0.2) is 0 Å². The van der Waals surface area contributed by atoms with Crippen LogP contribution in [0.4, 0.5) is 0 Å². The van der Waals surface area contributed by atoms with Gasteiger partial charge in [-0.1, -0.05) is 0 Å². The fourth-order valence-corrected chi connectivity index (χ4v) is 0.772. The fraction of sp³-hybridized carbons (Fsp3) is 0.333. The maximum absolute atomic E-state index is 9.56. The third-order valence-electron chi connectivity index (χ3n) is 0.871. The first-order valence-electron chi connectivity index (χ1n) is 3.12. The van der Waals surface area contributed by atoms with Gasteiger partial charge in [0.05, 0.1) is 5.75 Å². The van der Waals surface area contributed by atoms with Gasteiger partial charge < -0.3 is 6.53 Å². The van der Waals surface area contributed by atoms with Crippen LogP contribution in [0.5, 0.6) is 5.75 Å². The van der Waals surface area contributed by atoms with E-state index in [-0.39, 0.29) is 36.7 Å². The minimum absolute atomic E-state index is 0. The Morgan fingerprint density at radius 3 is 2.15 bits per heavy atom. The summed E-state index contributed by atoms with van der Waals surface area (Å²) >= 11 is 1.49. The van der Waals surface area contributed by atoms with Crippen molar-refractivity contribution in [2.75, 3.05) is 5.75 Å². The molecule has 0 aliphatic heterocycles. The summed E-state index contributed by atoms with van der Waals surface area (Å²) in [5.41, 5.74) is 0. The molecule has 1 aromatic rings.